The molecule has 1 fully saturated rings. The third kappa shape index (κ3) is 2.55. The van der Waals surface area contributed by atoms with E-state index in [1.54, 1.807) is 0 Å². The van der Waals surface area contributed by atoms with Gasteiger partial charge in [-0.25, -0.2) is 4.98 Å². The van der Waals surface area contributed by atoms with E-state index in [2.05, 4.69) is 20.8 Å². The smallest absolute Gasteiger partial charge is 0.113 e. The van der Waals surface area contributed by atoms with E-state index in [1.807, 2.05) is 11.3 Å². The predicted molar refractivity (Wildman–Crippen MR) is 74.3 cm³/mol. The van der Waals surface area contributed by atoms with E-state index in [0.717, 1.165) is 25.2 Å². The molecule has 1 aliphatic carbocycles. The Balaban J connectivity index is 2.24. The van der Waals surface area contributed by atoms with Gasteiger partial charge in [-0.2, -0.15) is 0 Å². The van der Waals surface area contributed by atoms with Crippen molar-refractivity contribution in [3.8, 4) is 0 Å². The molecule has 2 rings (SSSR count). The average Bonchev–Trinajstić information content (AvgIpc) is 2.71. The summed E-state index contributed by atoms with van der Waals surface area (Å²) in [5.41, 5.74) is 7.74. The first kappa shape index (κ1) is 13.0. The summed E-state index contributed by atoms with van der Waals surface area (Å²) in [4.78, 5) is 6.14. The summed E-state index contributed by atoms with van der Waals surface area (Å²) in [5, 5.41) is 1.19. The van der Waals surface area contributed by atoms with Crippen LogP contribution in [0.1, 0.15) is 61.5 Å². The monoisotopic (exact) mass is 252 g/mol. The number of aryl methyl sites for hydroxylation is 2. The van der Waals surface area contributed by atoms with Gasteiger partial charge in [0, 0.05) is 4.88 Å². The number of hydrogen-bond acceptors (Lipinski definition) is 3. The molecule has 0 aliphatic heterocycles. The Hall–Kier alpha value is -0.410. The number of thiazole rings is 1. The van der Waals surface area contributed by atoms with Gasteiger partial charge in [0.2, 0.25) is 0 Å². The van der Waals surface area contributed by atoms with Crippen molar-refractivity contribution in [3.05, 3.63) is 15.6 Å². The second-order valence-corrected chi connectivity index (χ2v) is 6.61. The lowest BCUT2D eigenvalue weighted by Crippen LogP contribution is -2.41. The minimum absolute atomic E-state index is 0.137. The molecule has 2 nitrogen and oxygen atoms in total. The van der Waals surface area contributed by atoms with Crippen molar-refractivity contribution in [2.45, 2.75) is 64.8 Å². The Labute approximate surface area is 109 Å². The molecule has 2 N–H and O–H groups in total. The lowest BCUT2D eigenvalue weighted by atomic mass is 9.75. The molecule has 3 heteroatoms. The van der Waals surface area contributed by atoms with Crippen molar-refractivity contribution >= 4 is 11.3 Å². The van der Waals surface area contributed by atoms with Gasteiger partial charge in [-0.3, -0.25) is 0 Å². The minimum Gasteiger partial charge on any atom is -0.319 e. The van der Waals surface area contributed by atoms with E-state index in [9.17, 15) is 0 Å². The van der Waals surface area contributed by atoms with E-state index in [-0.39, 0.29) is 5.54 Å². The highest BCUT2D eigenvalue weighted by Gasteiger charge is 2.36. The molecule has 2 unspecified atom stereocenters. The van der Waals surface area contributed by atoms with Gasteiger partial charge in [-0.1, -0.05) is 33.1 Å². The van der Waals surface area contributed by atoms with Crippen LogP contribution in [-0.4, -0.2) is 4.98 Å². The maximum atomic E-state index is 6.63. The van der Waals surface area contributed by atoms with Gasteiger partial charge in [0.15, 0.2) is 0 Å². The minimum atomic E-state index is -0.137. The fourth-order valence-electron chi connectivity index (χ4n) is 2.94. The molecule has 0 amide bonds. The van der Waals surface area contributed by atoms with Crippen molar-refractivity contribution in [1.29, 1.82) is 0 Å². The fraction of sp³-hybridized carbons (Fsp3) is 0.786. The molecule has 1 aromatic heterocycles. The van der Waals surface area contributed by atoms with Crippen LogP contribution in [0.3, 0.4) is 0 Å². The van der Waals surface area contributed by atoms with E-state index in [4.69, 9.17) is 10.7 Å². The molecule has 96 valence electrons. The van der Waals surface area contributed by atoms with Gasteiger partial charge in [-0.05, 0) is 32.1 Å². The molecule has 0 radical (unpaired) electrons. The Morgan fingerprint density at radius 1 is 1.47 bits per heavy atom. The molecule has 0 bridgehead atoms. The maximum Gasteiger partial charge on any atom is 0.113 e. The Morgan fingerprint density at radius 2 is 2.24 bits per heavy atom. The van der Waals surface area contributed by atoms with E-state index < -0.39 is 0 Å². The second-order valence-electron chi connectivity index (χ2n) is 5.40. The summed E-state index contributed by atoms with van der Waals surface area (Å²) in [6, 6.07) is 0. The van der Waals surface area contributed by atoms with Crippen LogP contribution in [0.15, 0.2) is 0 Å². The topological polar surface area (TPSA) is 38.9 Å². The van der Waals surface area contributed by atoms with Crippen LogP contribution in [0.25, 0.3) is 0 Å². The van der Waals surface area contributed by atoms with Gasteiger partial charge in [0.25, 0.3) is 0 Å². The molecule has 17 heavy (non-hydrogen) atoms. The summed E-state index contributed by atoms with van der Waals surface area (Å²) >= 11 is 1.82. The molecule has 0 aromatic carbocycles. The molecule has 1 aromatic rings. The van der Waals surface area contributed by atoms with Gasteiger partial charge in [0.05, 0.1) is 11.2 Å². The first-order valence-corrected chi connectivity index (χ1v) is 7.66. The van der Waals surface area contributed by atoms with E-state index in [0.29, 0.717) is 0 Å². The summed E-state index contributed by atoms with van der Waals surface area (Å²) in [5.74, 6) is 0.794. The van der Waals surface area contributed by atoms with Crippen LogP contribution in [0.4, 0.5) is 0 Å². The molecule has 1 saturated carbocycles. The molecular formula is C14H24N2S. The Kier molecular flexibility index (Phi) is 3.88. The van der Waals surface area contributed by atoms with Crippen molar-refractivity contribution in [3.63, 3.8) is 0 Å². The highest BCUT2D eigenvalue weighted by Crippen LogP contribution is 2.41. The van der Waals surface area contributed by atoms with Gasteiger partial charge >= 0.3 is 0 Å². The predicted octanol–water partition coefficient (Wildman–Crippen LogP) is 3.77. The number of nitrogens with zero attached hydrogens (tertiary/aromatic N) is 1. The van der Waals surface area contributed by atoms with Crippen molar-refractivity contribution in [1.82, 2.24) is 4.98 Å². The SMILES string of the molecule is CCc1nc(C2(N)CCCC(CC)C2)sc1C. The third-order valence-corrected chi connectivity index (χ3v) is 5.35. The lowest BCUT2D eigenvalue weighted by Gasteiger charge is -2.36. The first-order chi connectivity index (χ1) is 8.09. The normalized spacial score (nSPS) is 29.5. The molecule has 1 aliphatic rings. The van der Waals surface area contributed by atoms with Crippen molar-refractivity contribution < 1.29 is 0 Å². The maximum absolute atomic E-state index is 6.63. The largest absolute Gasteiger partial charge is 0.319 e. The van der Waals surface area contributed by atoms with Gasteiger partial charge < -0.3 is 5.73 Å². The highest BCUT2D eigenvalue weighted by molar-refractivity contribution is 7.11. The molecule has 0 spiro atoms. The average molecular weight is 252 g/mol. The molecule has 0 saturated heterocycles. The van der Waals surface area contributed by atoms with Crippen LogP contribution in [0.2, 0.25) is 0 Å². The van der Waals surface area contributed by atoms with E-state index in [1.165, 1.54) is 34.8 Å². The van der Waals surface area contributed by atoms with Crippen LogP contribution in [-0.2, 0) is 12.0 Å². The highest BCUT2D eigenvalue weighted by atomic mass is 32.1. The lowest BCUT2D eigenvalue weighted by molar-refractivity contribution is 0.221. The fourth-order valence-corrected chi connectivity index (χ4v) is 4.08. The van der Waals surface area contributed by atoms with Crippen LogP contribution in [0, 0.1) is 12.8 Å². The zero-order chi connectivity index (χ0) is 12.5. The van der Waals surface area contributed by atoms with Crippen LogP contribution >= 0.6 is 11.3 Å². The van der Waals surface area contributed by atoms with Crippen molar-refractivity contribution in [2.75, 3.05) is 0 Å². The number of aromatic nitrogens is 1. The number of rotatable bonds is 3. The zero-order valence-corrected chi connectivity index (χ0v) is 12.1. The van der Waals surface area contributed by atoms with Gasteiger partial charge in [0.1, 0.15) is 5.01 Å². The Bertz CT molecular complexity index is 386. The summed E-state index contributed by atoms with van der Waals surface area (Å²) in [7, 11) is 0. The standard InChI is InChI=1S/C14H24N2S/c1-4-11-7-6-8-14(15,9-11)13-16-12(5-2)10(3)17-13/h11H,4-9,15H2,1-3H3. The van der Waals surface area contributed by atoms with Gasteiger partial charge in [-0.15, -0.1) is 11.3 Å². The van der Waals surface area contributed by atoms with E-state index >= 15 is 0 Å². The number of hydrogen-bond donors (Lipinski definition) is 1. The first-order valence-electron chi connectivity index (χ1n) is 6.84. The second kappa shape index (κ2) is 5.07. The van der Waals surface area contributed by atoms with Crippen LogP contribution < -0.4 is 5.73 Å². The molecule has 2 atom stereocenters. The van der Waals surface area contributed by atoms with Crippen molar-refractivity contribution in [2.24, 2.45) is 11.7 Å². The molecule has 1 heterocycles. The zero-order valence-electron chi connectivity index (χ0n) is 11.3. The summed E-state index contributed by atoms with van der Waals surface area (Å²) in [6.45, 7) is 6.62. The number of nitrogens with two attached hydrogens (primary N) is 1. The molecular weight excluding hydrogens is 228 g/mol. The summed E-state index contributed by atoms with van der Waals surface area (Å²) in [6.07, 6.45) is 7.12. The quantitative estimate of drug-likeness (QED) is 0.889. The Morgan fingerprint density at radius 3 is 2.82 bits per heavy atom. The van der Waals surface area contributed by atoms with Crippen LogP contribution in [0.5, 0.6) is 0 Å². The third-order valence-electron chi connectivity index (χ3n) is 4.12. The summed E-state index contributed by atoms with van der Waals surface area (Å²) < 4.78 is 0.